The molecule has 1 heterocycles. The Morgan fingerprint density at radius 3 is 2.42 bits per heavy atom. The van der Waals surface area contributed by atoms with Crippen molar-refractivity contribution in [3.8, 4) is 5.88 Å². The molecule has 128 valence electrons. The van der Waals surface area contributed by atoms with E-state index in [4.69, 9.17) is 10.5 Å². The van der Waals surface area contributed by atoms with Gasteiger partial charge in [-0.3, -0.25) is 4.79 Å². The van der Waals surface area contributed by atoms with Gasteiger partial charge in [-0.2, -0.15) is 18.2 Å². The summed E-state index contributed by atoms with van der Waals surface area (Å²) in [6, 6.07) is 8.22. The van der Waals surface area contributed by atoms with Gasteiger partial charge in [-0.05, 0) is 18.1 Å². The van der Waals surface area contributed by atoms with Crippen molar-refractivity contribution in [1.29, 1.82) is 0 Å². The number of benzene rings is 1. The number of ether oxygens (including phenoxy) is 1. The molecule has 0 bridgehead atoms. The lowest BCUT2D eigenvalue weighted by Crippen LogP contribution is -2.36. The van der Waals surface area contributed by atoms with Crippen molar-refractivity contribution in [2.24, 2.45) is 0 Å². The molecule has 2 aromatic rings. The van der Waals surface area contributed by atoms with E-state index in [1.54, 1.807) is 42.6 Å². The molecule has 1 amide bonds. The standard InChI is InChI=1S/C15H15F3N4O2/c1-9-6-12(22-14(19)21-9)24-8-11-4-2-10(3-5-11)7-20-13(23)15(16,17)18/h2-6H,7-8H2,1H3,(H,20,23)(H2,19,21,22). The first-order valence-corrected chi connectivity index (χ1v) is 6.91. The van der Waals surface area contributed by atoms with Crippen molar-refractivity contribution in [3.63, 3.8) is 0 Å². The molecule has 3 N–H and O–H groups in total. The van der Waals surface area contributed by atoms with Gasteiger partial charge in [0.1, 0.15) is 6.61 Å². The lowest BCUT2D eigenvalue weighted by Gasteiger charge is -2.09. The highest BCUT2D eigenvalue weighted by Gasteiger charge is 2.38. The number of hydrogen-bond acceptors (Lipinski definition) is 5. The third-order valence-electron chi connectivity index (χ3n) is 2.97. The Balaban J connectivity index is 1.89. The highest BCUT2D eigenvalue weighted by atomic mass is 19.4. The molecule has 24 heavy (non-hydrogen) atoms. The van der Waals surface area contributed by atoms with Crippen molar-refractivity contribution in [3.05, 3.63) is 47.2 Å². The van der Waals surface area contributed by atoms with Crippen LogP contribution in [0.5, 0.6) is 5.88 Å². The van der Waals surface area contributed by atoms with Crippen LogP contribution >= 0.6 is 0 Å². The monoisotopic (exact) mass is 340 g/mol. The molecule has 0 atom stereocenters. The van der Waals surface area contributed by atoms with Gasteiger partial charge in [0.15, 0.2) is 0 Å². The Bertz CT molecular complexity index is 697. The number of carbonyl (C=O) groups is 1. The minimum atomic E-state index is -4.88. The fraction of sp³-hybridized carbons (Fsp3) is 0.267. The Morgan fingerprint density at radius 1 is 1.21 bits per heavy atom. The van der Waals surface area contributed by atoms with Gasteiger partial charge in [-0.15, -0.1) is 0 Å². The summed E-state index contributed by atoms with van der Waals surface area (Å²) in [6.45, 7) is 1.77. The maximum absolute atomic E-state index is 12.1. The molecule has 2 rings (SSSR count). The molecule has 6 nitrogen and oxygen atoms in total. The largest absolute Gasteiger partial charge is 0.473 e. The molecule has 0 saturated carbocycles. The second-order valence-corrected chi connectivity index (χ2v) is 4.99. The van der Waals surface area contributed by atoms with E-state index in [9.17, 15) is 18.0 Å². The molecule has 0 aliphatic rings. The van der Waals surface area contributed by atoms with Crippen LogP contribution in [0.15, 0.2) is 30.3 Å². The van der Waals surface area contributed by atoms with Crippen molar-refractivity contribution in [1.82, 2.24) is 15.3 Å². The Hall–Kier alpha value is -2.84. The zero-order chi connectivity index (χ0) is 17.7. The van der Waals surface area contributed by atoms with Gasteiger partial charge in [-0.1, -0.05) is 24.3 Å². The van der Waals surface area contributed by atoms with Crippen LogP contribution in [0, 0.1) is 6.92 Å². The van der Waals surface area contributed by atoms with Gasteiger partial charge in [0.2, 0.25) is 11.8 Å². The fourth-order valence-corrected chi connectivity index (χ4v) is 1.83. The molecular weight excluding hydrogens is 325 g/mol. The number of anilines is 1. The number of aromatic nitrogens is 2. The number of nitrogens with one attached hydrogen (secondary N) is 1. The Kier molecular flexibility index (Phi) is 5.22. The summed E-state index contributed by atoms with van der Waals surface area (Å²) in [6.07, 6.45) is -4.88. The molecule has 0 aliphatic carbocycles. The summed E-state index contributed by atoms with van der Waals surface area (Å²) in [5.74, 6) is -1.52. The normalized spacial score (nSPS) is 11.2. The van der Waals surface area contributed by atoms with E-state index < -0.39 is 12.1 Å². The maximum Gasteiger partial charge on any atom is 0.471 e. The first-order chi connectivity index (χ1) is 11.2. The third-order valence-corrected chi connectivity index (χ3v) is 2.97. The minimum Gasteiger partial charge on any atom is -0.473 e. The second-order valence-electron chi connectivity index (χ2n) is 4.99. The van der Waals surface area contributed by atoms with Crippen molar-refractivity contribution < 1.29 is 22.7 Å². The van der Waals surface area contributed by atoms with Crippen molar-refractivity contribution >= 4 is 11.9 Å². The van der Waals surface area contributed by atoms with E-state index in [0.29, 0.717) is 17.1 Å². The van der Waals surface area contributed by atoms with Gasteiger partial charge >= 0.3 is 12.1 Å². The Labute approximate surface area is 135 Å². The number of nitrogens with two attached hydrogens (primary N) is 1. The average Bonchev–Trinajstić information content (AvgIpc) is 2.49. The lowest BCUT2D eigenvalue weighted by atomic mass is 10.1. The maximum atomic E-state index is 12.1. The number of alkyl halides is 3. The quantitative estimate of drug-likeness (QED) is 0.870. The van der Waals surface area contributed by atoms with Gasteiger partial charge in [0.05, 0.1) is 0 Å². The summed E-state index contributed by atoms with van der Waals surface area (Å²) in [5, 5.41) is 1.80. The number of carbonyl (C=O) groups excluding carboxylic acids is 1. The van der Waals surface area contributed by atoms with Crippen molar-refractivity contribution in [2.45, 2.75) is 26.3 Å². The van der Waals surface area contributed by atoms with E-state index in [0.717, 1.165) is 5.56 Å². The minimum absolute atomic E-state index is 0.112. The SMILES string of the molecule is Cc1cc(OCc2ccc(CNC(=O)C(F)(F)F)cc2)nc(N)n1. The molecule has 0 unspecified atom stereocenters. The molecule has 1 aromatic heterocycles. The van der Waals surface area contributed by atoms with Crippen LogP contribution in [0.1, 0.15) is 16.8 Å². The van der Waals surface area contributed by atoms with Crippen LogP contribution < -0.4 is 15.8 Å². The lowest BCUT2D eigenvalue weighted by molar-refractivity contribution is -0.173. The van der Waals surface area contributed by atoms with Crippen molar-refractivity contribution in [2.75, 3.05) is 5.73 Å². The average molecular weight is 340 g/mol. The summed E-state index contributed by atoms with van der Waals surface area (Å²) in [5.41, 5.74) is 7.52. The van der Waals surface area contributed by atoms with Gasteiger partial charge in [-0.25, -0.2) is 4.98 Å². The molecule has 0 radical (unpaired) electrons. The van der Waals surface area contributed by atoms with E-state index in [2.05, 4.69) is 9.97 Å². The zero-order valence-electron chi connectivity index (χ0n) is 12.7. The Morgan fingerprint density at radius 2 is 1.83 bits per heavy atom. The number of nitrogens with zero attached hydrogens (tertiary/aromatic N) is 2. The number of hydrogen-bond donors (Lipinski definition) is 2. The highest BCUT2D eigenvalue weighted by Crippen LogP contribution is 2.15. The first kappa shape index (κ1) is 17.5. The summed E-state index contributed by atoms with van der Waals surface area (Å²) < 4.78 is 41.7. The molecule has 1 aromatic carbocycles. The van der Waals surface area contributed by atoms with Crippen LogP contribution in [0.4, 0.5) is 19.1 Å². The highest BCUT2D eigenvalue weighted by molar-refractivity contribution is 5.81. The zero-order valence-corrected chi connectivity index (χ0v) is 12.7. The third kappa shape index (κ3) is 5.11. The second kappa shape index (κ2) is 7.16. The molecule has 0 fully saturated rings. The first-order valence-electron chi connectivity index (χ1n) is 6.91. The number of halogens is 3. The molecule has 0 saturated heterocycles. The van der Waals surface area contributed by atoms with E-state index >= 15 is 0 Å². The van der Waals surface area contributed by atoms with E-state index in [1.807, 2.05) is 0 Å². The van der Waals surface area contributed by atoms with Crippen LogP contribution in [0.2, 0.25) is 0 Å². The number of aryl methyl sites for hydroxylation is 1. The summed E-state index contributed by atoms with van der Waals surface area (Å²) in [4.78, 5) is 18.6. The van der Waals surface area contributed by atoms with Crippen LogP contribution in [0.25, 0.3) is 0 Å². The van der Waals surface area contributed by atoms with Crippen LogP contribution in [-0.2, 0) is 17.9 Å². The predicted octanol–water partition coefficient (Wildman–Crippen LogP) is 2.12. The number of rotatable bonds is 5. The molecule has 0 spiro atoms. The van der Waals surface area contributed by atoms with Gasteiger partial charge in [0.25, 0.3) is 0 Å². The fourth-order valence-electron chi connectivity index (χ4n) is 1.83. The summed E-state index contributed by atoms with van der Waals surface area (Å²) >= 11 is 0. The molecule has 0 aliphatic heterocycles. The van der Waals surface area contributed by atoms with E-state index in [1.165, 1.54) is 0 Å². The molecule has 9 heteroatoms. The number of nitrogen functional groups attached to an aromatic ring is 1. The smallest absolute Gasteiger partial charge is 0.471 e. The van der Waals surface area contributed by atoms with Gasteiger partial charge in [0, 0.05) is 18.3 Å². The summed E-state index contributed by atoms with van der Waals surface area (Å²) in [7, 11) is 0. The topological polar surface area (TPSA) is 90.1 Å². The predicted molar refractivity (Wildman–Crippen MR) is 79.9 cm³/mol. The number of amides is 1. The van der Waals surface area contributed by atoms with Gasteiger partial charge < -0.3 is 15.8 Å². The van der Waals surface area contributed by atoms with E-state index in [-0.39, 0.29) is 19.1 Å². The van der Waals surface area contributed by atoms with Crippen LogP contribution in [-0.4, -0.2) is 22.1 Å². The van der Waals surface area contributed by atoms with Crippen LogP contribution in [0.3, 0.4) is 0 Å². The molecular formula is C15H15F3N4O2.